The van der Waals surface area contributed by atoms with E-state index in [1.165, 1.54) is 0 Å². The van der Waals surface area contributed by atoms with Gasteiger partial charge in [0.05, 0.1) is 11.4 Å². The largest absolute Gasteiger partial charge is 0.340 e. The minimum Gasteiger partial charge on any atom is -0.340 e. The van der Waals surface area contributed by atoms with Gasteiger partial charge in [0.25, 0.3) is 11.5 Å². The number of carbonyl (C=O) groups excluding carboxylic acids is 1. The lowest BCUT2D eigenvalue weighted by Crippen LogP contribution is -2.31. The molecular weight excluding hydrogens is 338 g/mol. The first kappa shape index (κ1) is 16.7. The van der Waals surface area contributed by atoms with E-state index in [2.05, 4.69) is 15.5 Å². The van der Waals surface area contributed by atoms with Gasteiger partial charge in [-0.25, -0.2) is 5.10 Å². The Labute approximate surface area is 155 Å². The van der Waals surface area contributed by atoms with Gasteiger partial charge in [0, 0.05) is 5.39 Å². The molecule has 0 aliphatic rings. The number of hydrogen-bond acceptors (Lipinski definition) is 3. The highest BCUT2D eigenvalue weighted by Crippen LogP contribution is 2.23. The van der Waals surface area contributed by atoms with Crippen LogP contribution in [0.4, 0.5) is 0 Å². The summed E-state index contributed by atoms with van der Waals surface area (Å²) in [6.07, 6.45) is 0. The lowest BCUT2D eigenvalue weighted by molar-refractivity contribution is 0.0938. The van der Waals surface area contributed by atoms with E-state index in [0.29, 0.717) is 10.8 Å². The van der Waals surface area contributed by atoms with Gasteiger partial charge >= 0.3 is 0 Å². The maximum Gasteiger partial charge on any atom is 0.273 e. The van der Waals surface area contributed by atoms with Crippen molar-refractivity contribution < 1.29 is 4.79 Å². The Balaban J connectivity index is 1.75. The van der Waals surface area contributed by atoms with Crippen molar-refractivity contribution in [1.82, 2.24) is 15.5 Å². The highest BCUT2D eigenvalue weighted by molar-refractivity contribution is 6.04. The van der Waals surface area contributed by atoms with E-state index in [1.807, 2.05) is 60.7 Å². The smallest absolute Gasteiger partial charge is 0.273 e. The Hall–Kier alpha value is -3.73. The molecule has 4 rings (SSSR count). The molecule has 1 amide bonds. The zero-order chi connectivity index (χ0) is 18.6. The van der Waals surface area contributed by atoms with Crippen molar-refractivity contribution in [1.29, 1.82) is 0 Å². The monoisotopic (exact) mass is 355 g/mol. The molecule has 0 atom stereocenters. The second-order valence-corrected chi connectivity index (χ2v) is 6.17. The summed E-state index contributed by atoms with van der Waals surface area (Å²) < 4.78 is 0. The number of rotatable bonds is 4. The third-order valence-electron chi connectivity index (χ3n) is 4.45. The van der Waals surface area contributed by atoms with Gasteiger partial charge in [0.2, 0.25) is 0 Å². The van der Waals surface area contributed by atoms with E-state index in [4.69, 9.17) is 0 Å². The van der Waals surface area contributed by atoms with Crippen LogP contribution in [-0.2, 0) is 0 Å². The Morgan fingerprint density at radius 3 is 1.89 bits per heavy atom. The number of carbonyl (C=O) groups is 1. The van der Waals surface area contributed by atoms with Crippen molar-refractivity contribution in [3.63, 3.8) is 0 Å². The molecule has 27 heavy (non-hydrogen) atoms. The average Bonchev–Trinajstić information content (AvgIpc) is 2.73. The van der Waals surface area contributed by atoms with E-state index >= 15 is 0 Å². The summed E-state index contributed by atoms with van der Waals surface area (Å²) in [4.78, 5) is 25.0. The molecule has 132 valence electrons. The van der Waals surface area contributed by atoms with Gasteiger partial charge < -0.3 is 5.32 Å². The molecule has 0 bridgehead atoms. The number of benzene rings is 3. The van der Waals surface area contributed by atoms with E-state index in [1.54, 1.807) is 24.3 Å². The molecule has 0 saturated heterocycles. The predicted octanol–water partition coefficient (Wildman–Crippen LogP) is 3.44. The Morgan fingerprint density at radius 2 is 1.30 bits per heavy atom. The molecule has 0 aliphatic carbocycles. The molecule has 0 fully saturated rings. The number of aromatic amines is 1. The van der Waals surface area contributed by atoms with Crippen LogP contribution < -0.4 is 10.9 Å². The number of hydrogen-bond donors (Lipinski definition) is 2. The van der Waals surface area contributed by atoms with Gasteiger partial charge in [-0.3, -0.25) is 9.59 Å². The highest BCUT2D eigenvalue weighted by Gasteiger charge is 2.20. The minimum absolute atomic E-state index is 0.196. The molecular formula is C22H17N3O2. The molecule has 5 heteroatoms. The van der Waals surface area contributed by atoms with Gasteiger partial charge in [-0.1, -0.05) is 78.9 Å². The van der Waals surface area contributed by atoms with Crippen molar-refractivity contribution in [3.05, 3.63) is 112 Å². The number of nitrogens with zero attached hydrogens (tertiary/aromatic N) is 1. The fourth-order valence-electron chi connectivity index (χ4n) is 3.14. The zero-order valence-corrected chi connectivity index (χ0v) is 14.4. The number of aromatic nitrogens is 2. The van der Waals surface area contributed by atoms with Crippen LogP contribution in [0.15, 0.2) is 89.7 Å². The first-order valence-corrected chi connectivity index (χ1v) is 8.62. The summed E-state index contributed by atoms with van der Waals surface area (Å²) >= 11 is 0. The Morgan fingerprint density at radius 1 is 0.778 bits per heavy atom. The predicted molar refractivity (Wildman–Crippen MR) is 105 cm³/mol. The first-order chi connectivity index (χ1) is 13.2. The van der Waals surface area contributed by atoms with Crippen LogP contribution in [0.5, 0.6) is 0 Å². The molecule has 0 aliphatic heterocycles. The van der Waals surface area contributed by atoms with E-state index in [-0.39, 0.29) is 23.2 Å². The standard InChI is InChI=1S/C22H17N3O2/c26-21-18-14-8-7-13-17(18)20(24-25-21)22(27)23-19(15-9-3-1-4-10-15)16-11-5-2-6-12-16/h1-14,19H,(H,23,27)(H,25,26). The number of nitrogens with one attached hydrogen (secondary N) is 2. The number of amides is 1. The van der Waals surface area contributed by atoms with Gasteiger partial charge in [0.15, 0.2) is 5.69 Å². The highest BCUT2D eigenvalue weighted by atomic mass is 16.2. The minimum atomic E-state index is -0.347. The number of H-pyrrole nitrogens is 1. The fraction of sp³-hybridized carbons (Fsp3) is 0.0455. The third kappa shape index (κ3) is 3.35. The van der Waals surface area contributed by atoms with Crippen LogP contribution in [-0.4, -0.2) is 16.1 Å². The maximum atomic E-state index is 13.0. The second kappa shape index (κ2) is 7.25. The zero-order valence-electron chi connectivity index (χ0n) is 14.4. The molecule has 0 saturated carbocycles. The quantitative estimate of drug-likeness (QED) is 0.589. The van der Waals surface area contributed by atoms with Crippen molar-refractivity contribution in [2.24, 2.45) is 0 Å². The summed E-state index contributed by atoms with van der Waals surface area (Å²) in [6, 6.07) is 26.1. The molecule has 5 nitrogen and oxygen atoms in total. The Bertz CT molecular complexity index is 1100. The lowest BCUT2D eigenvalue weighted by Gasteiger charge is -2.20. The van der Waals surface area contributed by atoms with Crippen LogP contribution in [0.2, 0.25) is 0 Å². The molecule has 1 aromatic heterocycles. The van der Waals surface area contributed by atoms with E-state index < -0.39 is 0 Å². The maximum absolute atomic E-state index is 13.0. The summed E-state index contributed by atoms with van der Waals surface area (Å²) in [5.74, 6) is -0.347. The fourth-order valence-corrected chi connectivity index (χ4v) is 3.14. The molecule has 1 heterocycles. The van der Waals surface area contributed by atoms with Gasteiger partial charge in [-0.15, -0.1) is 0 Å². The van der Waals surface area contributed by atoms with Gasteiger partial charge in [-0.05, 0) is 17.2 Å². The van der Waals surface area contributed by atoms with Crippen molar-refractivity contribution >= 4 is 16.7 Å². The topological polar surface area (TPSA) is 74.8 Å². The summed E-state index contributed by atoms with van der Waals surface area (Å²) in [5, 5.41) is 10.4. The second-order valence-electron chi connectivity index (χ2n) is 6.17. The number of fused-ring (bicyclic) bond motifs is 1. The van der Waals surface area contributed by atoms with Crippen LogP contribution in [0, 0.1) is 0 Å². The van der Waals surface area contributed by atoms with Crippen LogP contribution >= 0.6 is 0 Å². The molecule has 4 aromatic rings. The van der Waals surface area contributed by atoms with Crippen molar-refractivity contribution in [3.8, 4) is 0 Å². The average molecular weight is 355 g/mol. The van der Waals surface area contributed by atoms with Crippen LogP contribution in [0.25, 0.3) is 10.8 Å². The van der Waals surface area contributed by atoms with E-state index in [0.717, 1.165) is 11.1 Å². The van der Waals surface area contributed by atoms with Crippen LogP contribution in [0.1, 0.15) is 27.7 Å². The molecule has 0 unspecified atom stereocenters. The first-order valence-electron chi connectivity index (χ1n) is 8.62. The van der Waals surface area contributed by atoms with E-state index in [9.17, 15) is 9.59 Å². The third-order valence-corrected chi connectivity index (χ3v) is 4.45. The lowest BCUT2D eigenvalue weighted by atomic mass is 9.98. The SMILES string of the molecule is O=C(NC(c1ccccc1)c1ccccc1)c1n[nH]c(=O)c2ccccc12. The molecule has 0 spiro atoms. The van der Waals surface area contributed by atoms with Crippen LogP contribution in [0.3, 0.4) is 0 Å². The van der Waals surface area contributed by atoms with Gasteiger partial charge in [0.1, 0.15) is 0 Å². The van der Waals surface area contributed by atoms with Crippen molar-refractivity contribution in [2.45, 2.75) is 6.04 Å². The molecule has 3 aromatic carbocycles. The normalized spacial score (nSPS) is 10.9. The summed E-state index contributed by atoms with van der Waals surface area (Å²) in [5.41, 5.74) is 1.81. The molecule has 2 N–H and O–H groups in total. The molecule has 0 radical (unpaired) electrons. The van der Waals surface area contributed by atoms with Crippen molar-refractivity contribution in [2.75, 3.05) is 0 Å². The summed E-state index contributed by atoms with van der Waals surface area (Å²) in [7, 11) is 0. The Kier molecular flexibility index (Phi) is 4.49. The van der Waals surface area contributed by atoms with Gasteiger partial charge in [-0.2, -0.15) is 5.10 Å². The summed E-state index contributed by atoms with van der Waals surface area (Å²) in [6.45, 7) is 0.